The maximum absolute atomic E-state index is 12.7. The number of alkyl halides is 3. The highest BCUT2D eigenvalue weighted by molar-refractivity contribution is 5.27. The molecule has 0 aliphatic carbocycles. The average molecular weight is 287 g/mol. The molecule has 2 rings (SSSR count). The fourth-order valence-corrected chi connectivity index (χ4v) is 2.52. The molecule has 0 unspecified atom stereocenters. The molecule has 1 heterocycles. The van der Waals surface area contributed by atoms with E-state index >= 15 is 0 Å². The van der Waals surface area contributed by atoms with E-state index < -0.39 is 12.1 Å². The monoisotopic (exact) mass is 287 g/mol. The van der Waals surface area contributed by atoms with Gasteiger partial charge in [-0.25, -0.2) is 0 Å². The van der Waals surface area contributed by atoms with Gasteiger partial charge < -0.3 is 4.74 Å². The summed E-state index contributed by atoms with van der Waals surface area (Å²) in [5.74, 6) is -0.412. The topological polar surface area (TPSA) is 12.5 Å². The van der Waals surface area contributed by atoms with Crippen LogP contribution in [-0.4, -0.2) is 37.3 Å². The molecule has 1 aromatic rings. The lowest BCUT2D eigenvalue weighted by atomic mass is 9.98. The molecule has 0 bridgehead atoms. The highest BCUT2D eigenvalue weighted by Gasteiger charge is 2.41. The highest BCUT2D eigenvalue weighted by atomic mass is 19.4. The van der Waals surface area contributed by atoms with Crippen LogP contribution in [0.4, 0.5) is 13.2 Å². The SMILES string of the molecule is Cc1cccc(OCCN2CCC[C@H](C(F)(F)F)C2)c1. The highest BCUT2D eigenvalue weighted by Crippen LogP contribution is 2.32. The molecule has 1 aliphatic heterocycles. The molecule has 5 heteroatoms. The first-order valence-electron chi connectivity index (χ1n) is 6.93. The van der Waals surface area contributed by atoms with Crippen molar-refractivity contribution >= 4 is 0 Å². The van der Waals surface area contributed by atoms with Crippen LogP contribution in [0.5, 0.6) is 5.75 Å². The Balaban J connectivity index is 1.76. The van der Waals surface area contributed by atoms with Crippen LogP contribution in [0.15, 0.2) is 24.3 Å². The molecule has 1 aromatic carbocycles. The van der Waals surface area contributed by atoms with E-state index in [2.05, 4.69) is 0 Å². The van der Waals surface area contributed by atoms with Crippen molar-refractivity contribution in [2.24, 2.45) is 5.92 Å². The van der Waals surface area contributed by atoms with Gasteiger partial charge in [0.2, 0.25) is 0 Å². The summed E-state index contributed by atoms with van der Waals surface area (Å²) >= 11 is 0. The number of rotatable bonds is 4. The smallest absolute Gasteiger partial charge is 0.393 e. The Morgan fingerprint density at radius 2 is 2.15 bits per heavy atom. The van der Waals surface area contributed by atoms with Crippen LogP contribution < -0.4 is 4.74 Å². The van der Waals surface area contributed by atoms with Gasteiger partial charge in [0, 0.05) is 13.1 Å². The minimum absolute atomic E-state index is 0.0979. The minimum atomic E-state index is -4.07. The first kappa shape index (κ1) is 15.2. The van der Waals surface area contributed by atoms with Crippen molar-refractivity contribution < 1.29 is 17.9 Å². The maximum atomic E-state index is 12.7. The van der Waals surface area contributed by atoms with Crippen molar-refractivity contribution in [2.45, 2.75) is 25.9 Å². The number of benzene rings is 1. The van der Waals surface area contributed by atoms with Gasteiger partial charge in [-0.15, -0.1) is 0 Å². The van der Waals surface area contributed by atoms with Gasteiger partial charge in [0.05, 0.1) is 5.92 Å². The third-order valence-electron chi connectivity index (χ3n) is 3.63. The Morgan fingerprint density at radius 1 is 1.35 bits per heavy atom. The summed E-state index contributed by atoms with van der Waals surface area (Å²) in [4.78, 5) is 1.84. The lowest BCUT2D eigenvalue weighted by molar-refractivity contribution is -0.186. The van der Waals surface area contributed by atoms with E-state index in [1.54, 1.807) is 0 Å². The zero-order valence-corrected chi connectivity index (χ0v) is 11.6. The van der Waals surface area contributed by atoms with Crippen LogP contribution in [0.2, 0.25) is 0 Å². The van der Waals surface area contributed by atoms with E-state index in [4.69, 9.17) is 4.74 Å². The van der Waals surface area contributed by atoms with Crippen LogP contribution in [0.25, 0.3) is 0 Å². The number of halogens is 3. The molecule has 0 spiro atoms. The molecular formula is C15H20F3NO. The molecule has 0 N–H and O–H groups in total. The summed E-state index contributed by atoms with van der Waals surface area (Å²) in [6, 6.07) is 7.67. The zero-order valence-electron chi connectivity index (χ0n) is 11.6. The molecule has 20 heavy (non-hydrogen) atoms. The van der Waals surface area contributed by atoms with Crippen LogP contribution in [-0.2, 0) is 0 Å². The Hall–Kier alpha value is -1.23. The van der Waals surface area contributed by atoms with Gasteiger partial charge in [-0.3, -0.25) is 4.90 Å². The Morgan fingerprint density at radius 3 is 2.85 bits per heavy atom. The van der Waals surface area contributed by atoms with Gasteiger partial charge in [-0.1, -0.05) is 12.1 Å². The summed E-state index contributed by atoms with van der Waals surface area (Å²) in [6.45, 7) is 3.77. The lowest BCUT2D eigenvalue weighted by Gasteiger charge is -2.33. The fraction of sp³-hybridized carbons (Fsp3) is 0.600. The average Bonchev–Trinajstić information content (AvgIpc) is 2.38. The van der Waals surface area contributed by atoms with E-state index in [-0.39, 0.29) is 13.0 Å². The number of ether oxygens (including phenoxy) is 1. The van der Waals surface area contributed by atoms with E-state index in [0.29, 0.717) is 19.6 Å². The number of nitrogens with zero attached hydrogens (tertiary/aromatic N) is 1. The zero-order chi connectivity index (χ0) is 14.6. The van der Waals surface area contributed by atoms with Crippen molar-refractivity contribution in [2.75, 3.05) is 26.2 Å². The Bertz CT molecular complexity index is 433. The molecular weight excluding hydrogens is 267 g/mol. The lowest BCUT2D eigenvalue weighted by Crippen LogP contribution is -2.43. The number of hydrogen-bond acceptors (Lipinski definition) is 2. The third kappa shape index (κ3) is 4.40. The van der Waals surface area contributed by atoms with E-state index in [9.17, 15) is 13.2 Å². The first-order valence-corrected chi connectivity index (χ1v) is 6.93. The molecule has 112 valence electrons. The molecule has 0 amide bonds. The standard InChI is InChI=1S/C15H20F3NO/c1-12-4-2-6-14(10-12)20-9-8-19-7-3-5-13(11-19)15(16,17)18/h2,4,6,10,13H,3,5,7-9,11H2,1H3/t13-/m0/s1. The van der Waals surface area contributed by atoms with Crippen molar-refractivity contribution in [3.05, 3.63) is 29.8 Å². The van der Waals surface area contributed by atoms with E-state index in [1.165, 1.54) is 0 Å². The Labute approximate surface area is 117 Å². The van der Waals surface area contributed by atoms with E-state index in [1.807, 2.05) is 36.1 Å². The molecule has 1 saturated heterocycles. The predicted molar refractivity (Wildman–Crippen MR) is 71.9 cm³/mol. The molecule has 2 nitrogen and oxygen atoms in total. The van der Waals surface area contributed by atoms with E-state index in [0.717, 1.165) is 17.9 Å². The second-order valence-corrected chi connectivity index (χ2v) is 5.35. The van der Waals surface area contributed by atoms with Crippen molar-refractivity contribution in [1.82, 2.24) is 4.90 Å². The molecule has 1 fully saturated rings. The van der Waals surface area contributed by atoms with Crippen LogP contribution in [0.3, 0.4) is 0 Å². The summed E-state index contributed by atoms with van der Waals surface area (Å²) in [5, 5.41) is 0. The van der Waals surface area contributed by atoms with Crippen molar-refractivity contribution in [3.8, 4) is 5.75 Å². The van der Waals surface area contributed by atoms with Gasteiger partial charge in [0.15, 0.2) is 0 Å². The van der Waals surface area contributed by atoms with Gasteiger partial charge in [0.1, 0.15) is 12.4 Å². The van der Waals surface area contributed by atoms with Gasteiger partial charge >= 0.3 is 6.18 Å². The third-order valence-corrected chi connectivity index (χ3v) is 3.63. The van der Waals surface area contributed by atoms with Crippen LogP contribution >= 0.6 is 0 Å². The number of hydrogen-bond donors (Lipinski definition) is 0. The van der Waals surface area contributed by atoms with Crippen molar-refractivity contribution in [3.63, 3.8) is 0 Å². The summed E-state index contributed by atoms with van der Waals surface area (Å²) in [6.07, 6.45) is -3.22. The molecule has 1 aliphatic rings. The molecule has 1 atom stereocenters. The quantitative estimate of drug-likeness (QED) is 0.838. The second-order valence-electron chi connectivity index (χ2n) is 5.35. The summed E-state index contributed by atoms with van der Waals surface area (Å²) < 4.78 is 43.7. The van der Waals surface area contributed by atoms with Crippen molar-refractivity contribution in [1.29, 1.82) is 0 Å². The number of aryl methyl sites for hydroxylation is 1. The second kappa shape index (κ2) is 6.48. The normalized spacial score (nSPS) is 20.9. The largest absolute Gasteiger partial charge is 0.492 e. The van der Waals surface area contributed by atoms with Gasteiger partial charge in [-0.05, 0) is 44.0 Å². The first-order chi connectivity index (χ1) is 9.45. The van der Waals surface area contributed by atoms with Gasteiger partial charge in [-0.2, -0.15) is 13.2 Å². The van der Waals surface area contributed by atoms with Gasteiger partial charge in [0.25, 0.3) is 0 Å². The predicted octanol–water partition coefficient (Wildman–Crippen LogP) is 3.65. The maximum Gasteiger partial charge on any atom is 0.393 e. The summed E-state index contributed by atoms with van der Waals surface area (Å²) in [7, 11) is 0. The van der Waals surface area contributed by atoms with Crippen LogP contribution in [0.1, 0.15) is 18.4 Å². The molecule has 0 aromatic heterocycles. The number of piperidine rings is 1. The minimum Gasteiger partial charge on any atom is -0.492 e. The fourth-order valence-electron chi connectivity index (χ4n) is 2.52. The molecule has 0 saturated carbocycles. The molecule has 0 radical (unpaired) electrons. The van der Waals surface area contributed by atoms with Crippen LogP contribution in [0, 0.1) is 12.8 Å². The number of likely N-dealkylation sites (tertiary alicyclic amines) is 1. The Kier molecular flexibility index (Phi) is 4.91. The summed E-state index contributed by atoms with van der Waals surface area (Å²) in [5.41, 5.74) is 1.11.